The van der Waals surface area contributed by atoms with E-state index < -0.39 is 0 Å². The first kappa shape index (κ1) is 14.0. The summed E-state index contributed by atoms with van der Waals surface area (Å²) in [5.41, 5.74) is 2.68. The molecule has 0 spiro atoms. The number of fused-ring (bicyclic) bond motifs is 2. The van der Waals surface area contributed by atoms with Crippen molar-refractivity contribution in [1.29, 1.82) is 0 Å². The van der Waals surface area contributed by atoms with Crippen LogP contribution >= 0.6 is 15.9 Å². The van der Waals surface area contributed by atoms with E-state index in [1.54, 1.807) is 31.2 Å². The van der Waals surface area contributed by atoms with Crippen LogP contribution in [0.1, 0.15) is 16.4 Å². The van der Waals surface area contributed by atoms with Gasteiger partial charge >= 0.3 is 0 Å². The summed E-state index contributed by atoms with van der Waals surface area (Å²) >= 11 is 3.38. The van der Waals surface area contributed by atoms with Crippen molar-refractivity contribution in [1.82, 2.24) is 4.98 Å². The highest BCUT2D eigenvalue weighted by Gasteiger charge is 2.13. The second-order valence-corrected chi connectivity index (χ2v) is 6.08. The van der Waals surface area contributed by atoms with Gasteiger partial charge in [-0.05, 0) is 36.4 Å². The fourth-order valence-electron chi connectivity index (χ4n) is 2.43. The Kier molecular flexibility index (Phi) is 3.20. The van der Waals surface area contributed by atoms with Crippen LogP contribution in [0.15, 0.2) is 55.8 Å². The lowest BCUT2D eigenvalue weighted by Crippen LogP contribution is -2.10. The lowest BCUT2D eigenvalue weighted by Gasteiger charge is -2.02. The fourth-order valence-corrected chi connectivity index (χ4v) is 2.77. The van der Waals surface area contributed by atoms with E-state index in [2.05, 4.69) is 26.2 Å². The number of hydrogen-bond acceptors (Lipinski definition) is 4. The smallest absolute Gasteiger partial charge is 0.291 e. The molecule has 1 amide bonds. The molecule has 4 aromatic rings. The topological polar surface area (TPSA) is 68.3 Å². The zero-order valence-electron chi connectivity index (χ0n) is 12.1. The van der Waals surface area contributed by atoms with Crippen molar-refractivity contribution < 1.29 is 13.6 Å². The summed E-state index contributed by atoms with van der Waals surface area (Å²) in [7, 11) is 0. The molecule has 5 nitrogen and oxygen atoms in total. The van der Waals surface area contributed by atoms with Crippen LogP contribution in [0.3, 0.4) is 0 Å². The number of benzene rings is 2. The maximum absolute atomic E-state index is 12.3. The zero-order chi connectivity index (χ0) is 16.0. The molecule has 0 radical (unpaired) electrons. The average molecular weight is 371 g/mol. The first-order chi connectivity index (χ1) is 11.1. The third-order valence-corrected chi connectivity index (χ3v) is 3.95. The Balaban J connectivity index is 1.64. The van der Waals surface area contributed by atoms with Gasteiger partial charge in [0.2, 0.25) is 0 Å². The number of nitrogens with one attached hydrogen (secondary N) is 1. The maximum atomic E-state index is 12.3. The monoisotopic (exact) mass is 370 g/mol. The fraction of sp³-hybridized carbons (Fsp3) is 0.0588. The van der Waals surface area contributed by atoms with E-state index in [0.717, 1.165) is 15.4 Å². The summed E-state index contributed by atoms with van der Waals surface area (Å²) in [6.45, 7) is 1.78. The molecule has 0 aliphatic heterocycles. The number of anilines is 1. The van der Waals surface area contributed by atoms with E-state index in [1.165, 1.54) is 0 Å². The number of rotatable bonds is 2. The molecule has 4 rings (SSSR count). The van der Waals surface area contributed by atoms with Crippen molar-refractivity contribution >= 4 is 49.6 Å². The summed E-state index contributed by atoms with van der Waals surface area (Å²) in [6.07, 6.45) is 0. The van der Waals surface area contributed by atoms with Gasteiger partial charge in [-0.2, -0.15) is 0 Å². The third-order valence-electron chi connectivity index (χ3n) is 3.46. The Labute approximate surface area is 139 Å². The van der Waals surface area contributed by atoms with Crippen LogP contribution in [-0.4, -0.2) is 10.9 Å². The molecule has 0 fully saturated rings. The maximum Gasteiger partial charge on any atom is 0.291 e. The summed E-state index contributed by atoms with van der Waals surface area (Å²) in [5.74, 6) is 0.534. The number of carbonyl (C=O) groups is 1. The standard InChI is InChI=1S/C17H11BrN2O3/c1-9-19-13-5-4-12(8-15(13)22-9)20-17(21)16-6-10-2-3-11(18)7-14(10)23-16/h2-8H,1H3,(H,20,21). The van der Waals surface area contributed by atoms with Crippen molar-refractivity contribution in [3.8, 4) is 0 Å². The van der Waals surface area contributed by atoms with Crippen molar-refractivity contribution in [2.75, 3.05) is 5.32 Å². The number of oxazole rings is 1. The molecule has 0 aliphatic rings. The number of aromatic nitrogens is 1. The molecule has 0 bridgehead atoms. The summed E-state index contributed by atoms with van der Waals surface area (Å²) in [4.78, 5) is 16.6. The van der Waals surface area contributed by atoms with Gasteiger partial charge in [-0.25, -0.2) is 4.98 Å². The van der Waals surface area contributed by atoms with Gasteiger partial charge in [0.25, 0.3) is 5.91 Å². The summed E-state index contributed by atoms with van der Waals surface area (Å²) < 4.78 is 12.0. The predicted octanol–water partition coefficient (Wildman–Crippen LogP) is 4.90. The Hall–Kier alpha value is -2.60. The molecule has 0 atom stereocenters. The minimum Gasteiger partial charge on any atom is -0.451 e. The molecule has 0 saturated carbocycles. The second kappa shape index (κ2) is 5.24. The molecule has 2 aromatic carbocycles. The van der Waals surface area contributed by atoms with Crippen LogP contribution in [-0.2, 0) is 0 Å². The van der Waals surface area contributed by atoms with Crippen molar-refractivity contribution in [2.45, 2.75) is 6.92 Å². The second-order valence-electron chi connectivity index (χ2n) is 5.16. The normalized spacial score (nSPS) is 11.2. The third kappa shape index (κ3) is 2.61. The average Bonchev–Trinajstić information content (AvgIpc) is 3.08. The highest BCUT2D eigenvalue weighted by atomic mass is 79.9. The van der Waals surface area contributed by atoms with E-state index in [4.69, 9.17) is 8.83 Å². The number of amides is 1. The molecule has 2 aromatic heterocycles. The number of hydrogen-bond donors (Lipinski definition) is 1. The van der Waals surface area contributed by atoms with Crippen LogP contribution in [0.2, 0.25) is 0 Å². The first-order valence-electron chi connectivity index (χ1n) is 6.96. The van der Waals surface area contributed by atoms with E-state index in [1.807, 2.05) is 18.2 Å². The van der Waals surface area contributed by atoms with Gasteiger partial charge in [-0.3, -0.25) is 4.79 Å². The Morgan fingerprint density at radius 3 is 2.83 bits per heavy atom. The highest BCUT2D eigenvalue weighted by molar-refractivity contribution is 9.10. The van der Waals surface area contributed by atoms with Gasteiger partial charge in [-0.15, -0.1) is 0 Å². The van der Waals surface area contributed by atoms with Gasteiger partial charge in [-0.1, -0.05) is 15.9 Å². The molecule has 114 valence electrons. The number of furan rings is 1. The minimum atomic E-state index is -0.312. The molecule has 23 heavy (non-hydrogen) atoms. The van der Waals surface area contributed by atoms with Gasteiger partial charge in [0.05, 0.1) is 0 Å². The lowest BCUT2D eigenvalue weighted by atomic mass is 10.2. The Morgan fingerprint density at radius 2 is 1.96 bits per heavy atom. The van der Waals surface area contributed by atoms with Crippen LogP contribution < -0.4 is 5.32 Å². The Bertz CT molecular complexity index is 1050. The van der Waals surface area contributed by atoms with Crippen LogP contribution in [0.5, 0.6) is 0 Å². The zero-order valence-corrected chi connectivity index (χ0v) is 13.7. The molecule has 0 aliphatic carbocycles. The van der Waals surface area contributed by atoms with Gasteiger partial charge in [0.15, 0.2) is 17.2 Å². The molecule has 0 saturated heterocycles. The van der Waals surface area contributed by atoms with Crippen LogP contribution in [0.25, 0.3) is 22.1 Å². The number of nitrogens with zero attached hydrogens (tertiary/aromatic N) is 1. The quantitative estimate of drug-likeness (QED) is 0.544. The van der Waals surface area contributed by atoms with Crippen molar-refractivity contribution in [3.05, 3.63) is 58.6 Å². The van der Waals surface area contributed by atoms with E-state index in [-0.39, 0.29) is 11.7 Å². The molecule has 6 heteroatoms. The van der Waals surface area contributed by atoms with Crippen LogP contribution in [0, 0.1) is 6.92 Å². The molecule has 1 N–H and O–H groups in total. The number of halogens is 1. The van der Waals surface area contributed by atoms with Gasteiger partial charge < -0.3 is 14.2 Å². The predicted molar refractivity (Wildman–Crippen MR) is 90.6 cm³/mol. The Morgan fingerprint density at radius 1 is 1.09 bits per heavy atom. The van der Waals surface area contributed by atoms with Crippen molar-refractivity contribution in [3.63, 3.8) is 0 Å². The first-order valence-corrected chi connectivity index (χ1v) is 7.75. The summed E-state index contributed by atoms with van der Waals surface area (Å²) in [5, 5.41) is 3.68. The van der Waals surface area contributed by atoms with Crippen molar-refractivity contribution in [2.24, 2.45) is 0 Å². The number of aryl methyl sites for hydroxylation is 1. The summed E-state index contributed by atoms with van der Waals surface area (Å²) in [6, 6.07) is 12.7. The van der Waals surface area contributed by atoms with E-state index in [9.17, 15) is 4.79 Å². The molecule has 0 unspecified atom stereocenters. The molecular formula is C17H11BrN2O3. The van der Waals surface area contributed by atoms with Gasteiger partial charge in [0, 0.05) is 28.5 Å². The van der Waals surface area contributed by atoms with Gasteiger partial charge in [0.1, 0.15) is 11.1 Å². The SMILES string of the molecule is Cc1nc2ccc(NC(=O)c3cc4ccc(Br)cc4o3)cc2o1. The largest absolute Gasteiger partial charge is 0.451 e. The lowest BCUT2D eigenvalue weighted by molar-refractivity contribution is 0.0998. The molecular weight excluding hydrogens is 360 g/mol. The van der Waals surface area contributed by atoms with E-state index in [0.29, 0.717) is 22.7 Å². The van der Waals surface area contributed by atoms with E-state index >= 15 is 0 Å². The molecule has 2 heterocycles. The highest BCUT2D eigenvalue weighted by Crippen LogP contribution is 2.25. The number of carbonyl (C=O) groups excluding carboxylic acids is 1. The van der Waals surface area contributed by atoms with Crippen LogP contribution in [0.4, 0.5) is 5.69 Å². The minimum absolute atomic E-state index is 0.256.